The van der Waals surface area contributed by atoms with Gasteiger partial charge in [0, 0.05) is 43.6 Å². The molecule has 1 N–H and O–H groups in total. The summed E-state index contributed by atoms with van der Waals surface area (Å²) < 4.78 is 22.6. The molecular formula is C25H34O8. The average molecular weight is 463 g/mol. The van der Waals surface area contributed by atoms with E-state index in [0.717, 1.165) is 0 Å². The Balaban J connectivity index is 1.95. The zero-order valence-corrected chi connectivity index (χ0v) is 20.2. The van der Waals surface area contributed by atoms with E-state index in [4.69, 9.17) is 18.6 Å². The summed E-state index contributed by atoms with van der Waals surface area (Å²) in [7, 11) is 1.33. The van der Waals surface area contributed by atoms with Crippen LogP contribution in [0.25, 0.3) is 0 Å². The Morgan fingerprint density at radius 2 is 1.79 bits per heavy atom. The molecule has 0 amide bonds. The minimum atomic E-state index is -1.33. The van der Waals surface area contributed by atoms with Gasteiger partial charge in [0.25, 0.3) is 0 Å². The van der Waals surface area contributed by atoms with Gasteiger partial charge in [-0.05, 0) is 30.2 Å². The van der Waals surface area contributed by atoms with Crippen LogP contribution in [0.3, 0.4) is 0 Å². The third-order valence-electron chi connectivity index (χ3n) is 8.86. The molecule has 8 heteroatoms. The summed E-state index contributed by atoms with van der Waals surface area (Å²) in [4.78, 5) is 37.3. The maximum atomic E-state index is 13.1. The zero-order chi connectivity index (χ0) is 24.3. The summed E-state index contributed by atoms with van der Waals surface area (Å²) in [5.74, 6) is -2.26. The molecule has 4 rings (SSSR count). The zero-order valence-electron chi connectivity index (χ0n) is 20.2. The van der Waals surface area contributed by atoms with Crippen molar-refractivity contribution in [2.45, 2.75) is 84.0 Å². The van der Waals surface area contributed by atoms with Crippen LogP contribution < -0.4 is 0 Å². The number of hydrogen-bond acceptors (Lipinski definition) is 8. The molecule has 3 unspecified atom stereocenters. The molecule has 0 saturated heterocycles. The molecule has 3 aliphatic rings. The van der Waals surface area contributed by atoms with Crippen LogP contribution in [0.1, 0.15) is 71.1 Å². The van der Waals surface area contributed by atoms with E-state index in [1.807, 2.05) is 20.8 Å². The van der Waals surface area contributed by atoms with Gasteiger partial charge >= 0.3 is 17.9 Å². The number of carbonyl (C=O) groups excluding carboxylic acids is 3. The number of esters is 3. The molecule has 0 aliphatic heterocycles. The lowest BCUT2D eigenvalue weighted by molar-refractivity contribution is -0.298. The van der Waals surface area contributed by atoms with Crippen molar-refractivity contribution in [1.82, 2.24) is 0 Å². The molecule has 8 nitrogen and oxygen atoms in total. The van der Waals surface area contributed by atoms with Crippen molar-refractivity contribution in [2.24, 2.45) is 22.7 Å². The molecule has 33 heavy (non-hydrogen) atoms. The molecule has 0 bridgehead atoms. The number of rotatable bonds is 3. The van der Waals surface area contributed by atoms with Crippen molar-refractivity contribution in [2.75, 3.05) is 7.11 Å². The van der Waals surface area contributed by atoms with E-state index in [9.17, 15) is 19.5 Å². The first-order chi connectivity index (χ1) is 15.4. The summed E-state index contributed by atoms with van der Waals surface area (Å²) in [5.41, 5.74) is -2.08. The standard InChI is InChI=1S/C25H34O8/c1-13(26)32-18-12-25(29)23(3,4)9-7-19(33-14(2)27)24(25,5)16-11-17-15(8-10-31-17)20(21(16)18)22(28)30-6/h8,10,16,18-21,29H,7,9,11-12H2,1-6H3/t16-,18?,19?,20?,21-,24-,25+/m0/s1. The van der Waals surface area contributed by atoms with Crippen molar-refractivity contribution < 1.29 is 38.1 Å². The van der Waals surface area contributed by atoms with Gasteiger partial charge < -0.3 is 23.7 Å². The van der Waals surface area contributed by atoms with Crippen molar-refractivity contribution >= 4 is 17.9 Å². The van der Waals surface area contributed by atoms with Gasteiger partial charge in [0.15, 0.2) is 0 Å². The Hall–Kier alpha value is -2.35. The molecule has 2 fully saturated rings. The fraction of sp³-hybridized carbons (Fsp3) is 0.720. The third kappa shape index (κ3) is 3.32. The lowest BCUT2D eigenvalue weighted by Crippen LogP contribution is -2.74. The molecule has 3 aliphatic carbocycles. The second-order valence-corrected chi connectivity index (χ2v) is 10.7. The van der Waals surface area contributed by atoms with Gasteiger partial charge in [0.1, 0.15) is 18.0 Å². The van der Waals surface area contributed by atoms with Gasteiger partial charge in [0.05, 0.1) is 24.9 Å². The van der Waals surface area contributed by atoms with E-state index in [-0.39, 0.29) is 12.3 Å². The maximum absolute atomic E-state index is 13.1. The second-order valence-electron chi connectivity index (χ2n) is 10.7. The van der Waals surface area contributed by atoms with Crippen LogP contribution in [-0.2, 0) is 35.0 Å². The van der Waals surface area contributed by atoms with Crippen molar-refractivity contribution in [1.29, 1.82) is 0 Å². The Bertz CT molecular complexity index is 963. The third-order valence-corrected chi connectivity index (χ3v) is 8.86. The van der Waals surface area contributed by atoms with Crippen LogP contribution in [0.15, 0.2) is 16.7 Å². The van der Waals surface area contributed by atoms with Crippen LogP contribution in [0.4, 0.5) is 0 Å². The summed E-state index contributed by atoms with van der Waals surface area (Å²) in [5, 5.41) is 12.4. The second kappa shape index (κ2) is 7.86. The molecule has 1 aromatic rings. The highest BCUT2D eigenvalue weighted by atomic mass is 16.6. The van der Waals surface area contributed by atoms with E-state index in [1.165, 1.54) is 21.0 Å². The van der Waals surface area contributed by atoms with Crippen molar-refractivity contribution in [3.63, 3.8) is 0 Å². The highest BCUT2D eigenvalue weighted by Crippen LogP contribution is 2.67. The summed E-state index contributed by atoms with van der Waals surface area (Å²) in [6.07, 6.45) is 2.04. The lowest BCUT2D eigenvalue weighted by atomic mass is 9.40. The Morgan fingerprint density at radius 1 is 1.12 bits per heavy atom. The lowest BCUT2D eigenvalue weighted by Gasteiger charge is -2.68. The van der Waals surface area contributed by atoms with Crippen molar-refractivity contribution in [3.8, 4) is 0 Å². The molecular weight excluding hydrogens is 428 g/mol. The van der Waals surface area contributed by atoms with Gasteiger partial charge in [-0.15, -0.1) is 0 Å². The van der Waals surface area contributed by atoms with E-state index in [2.05, 4.69) is 0 Å². The Morgan fingerprint density at radius 3 is 2.39 bits per heavy atom. The van der Waals surface area contributed by atoms with Crippen LogP contribution in [-0.4, -0.2) is 47.9 Å². The molecule has 0 radical (unpaired) electrons. The van der Waals surface area contributed by atoms with E-state index < -0.39 is 58.4 Å². The van der Waals surface area contributed by atoms with Gasteiger partial charge in [-0.1, -0.05) is 20.8 Å². The summed E-state index contributed by atoms with van der Waals surface area (Å²) in [6, 6.07) is 1.76. The number of fused-ring (bicyclic) bond motifs is 4. The first-order valence-corrected chi connectivity index (χ1v) is 11.6. The fourth-order valence-corrected chi connectivity index (χ4v) is 7.24. The van der Waals surface area contributed by atoms with Gasteiger partial charge in [0.2, 0.25) is 0 Å². The van der Waals surface area contributed by atoms with Crippen molar-refractivity contribution in [3.05, 3.63) is 23.7 Å². The number of hydrogen-bond donors (Lipinski definition) is 1. The molecule has 0 aromatic carbocycles. The van der Waals surface area contributed by atoms with Crippen LogP contribution >= 0.6 is 0 Å². The fourth-order valence-electron chi connectivity index (χ4n) is 7.24. The maximum Gasteiger partial charge on any atom is 0.313 e. The number of carbonyl (C=O) groups is 3. The number of ether oxygens (including phenoxy) is 3. The molecule has 7 atom stereocenters. The molecule has 0 spiro atoms. The molecule has 2 saturated carbocycles. The van der Waals surface area contributed by atoms with E-state index >= 15 is 0 Å². The highest BCUT2D eigenvalue weighted by Gasteiger charge is 2.73. The van der Waals surface area contributed by atoms with E-state index in [1.54, 1.807) is 12.3 Å². The van der Waals surface area contributed by atoms with Gasteiger partial charge in [-0.2, -0.15) is 0 Å². The number of aliphatic hydroxyl groups is 1. The van der Waals surface area contributed by atoms with Crippen LogP contribution in [0, 0.1) is 22.7 Å². The SMILES string of the molecule is COC(=O)C1c2ccoc2C[C@H]2[C@H]1C(OC(C)=O)C[C@@]1(O)C(C)(C)CCC(OC(C)=O)[C@]21C. The van der Waals surface area contributed by atoms with E-state index in [0.29, 0.717) is 30.6 Å². The highest BCUT2D eigenvalue weighted by molar-refractivity contribution is 5.79. The normalized spacial score (nSPS) is 38.8. The Kier molecular flexibility index (Phi) is 5.67. The number of methoxy groups -OCH3 is 1. The summed E-state index contributed by atoms with van der Waals surface area (Å²) in [6.45, 7) is 8.65. The quantitative estimate of drug-likeness (QED) is 0.539. The predicted molar refractivity (Wildman–Crippen MR) is 116 cm³/mol. The Labute approximate surface area is 193 Å². The minimum absolute atomic E-state index is 0.135. The molecule has 1 aromatic heterocycles. The van der Waals surface area contributed by atoms with Gasteiger partial charge in [-0.25, -0.2) is 0 Å². The minimum Gasteiger partial charge on any atom is -0.469 e. The monoisotopic (exact) mass is 462 g/mol. The largest absolute Gasteiger partial charge is 0.469 e. The summed E-state index contributed by atoms with van der Waals surface area (Å²) >= 11 is 0. The molecule has 182 valence electrons. The first kappa shape index (κ1) is 23.8. The topological polar surface area (TPSA) is 112 Å². The number of furan rings is 1. The van der Waals surface area contributed by atoms with Crippen LogP contribution in [0.5, 0.6) is 0 Å². The first-order valence-electron chi connectivity index (χ1n) is 11.6. The molecule has 1 heterocycles. The smallest absolute Gasteiger partial charge is 0.313 e. The predicted octanol–water partition coefficient (Wildman–Crippen LogP) is 3.15. The van der Waals surface area contributed by atoms with Crippen LogP contribution in [0.2, 0.25) is 0 Å². The average Bonchev–Trinajstić information content (AvgIpc) is 3.19. The van der Waals surface area contributed by atoms with Gasteiger partial charge in [-0.3, -0.25) is 14.4 Å².